The van der Waals surface area contributed by atoms with Gasteiger partial charge in [0.2, 0.25) is 0 Å². The van der Waals surface area contributed by atoms with E-state index >= 15 is 0 Å². The van der Waals surface area contributed by atoms with E-state index < -0.39 is 0 Å². The highest BCUT2D eigenvalue weighted by Gasteiger charge is 2.13. The third-order valence-corrected chi connectivity index (χ3v) is 5.96. The minimum Gasteiger partial charge on any atom is -0.456 e. The Hall–Kier alpha value is -3.78. The van der Waals surface area contributed by atoms with Crippen molar-refractivity contribution < 1.29 is 4.42 Å². The summed E-state index contributed by atoms with van der Waals surface area (Å²) in [6, 6.07) is 30.1. The zero-order valence-corrected chi connectivity index (χ0v) is 15.0. The van der Waals surface area contributed by atoms with Crippen molar-refractivity contribution in [2.75, 3.05) is 0 Å². The van der Waals surface area contributed by atoms with E-state index in [9.17, 15) is 0 Å². The summed E-state index contributed by atoms with van der Waals surface area (Å²) < 4.78 is 6.26. The van der Waals surface area contributed by atoms with Gasteiger partial charge in [-0.25, -0.2) is 0 Å². The number of aromatic nitrogens is 1. The van der Waals surface area contributed by atoms with Crippen molar-refractivity contribution in [1.82, 2.24) is 4.98 Å². The van der Waals surface area contributed by atoms with E-state index in [2.05, 4.69) is 89.9 Å². The van der Waals surface area contributed by atoms with Gasteiger partial charge in [-0.2, -0.15) is 0 Å². The number of furan rings is 1. The highest BCUT2D eigenvalue weighted by Crippen LogP contribution is 2.38. The largest absolute Gasteiger partial charge is 0.456 e. The maximum Gasteiger partial charge on any atom is 0.136 e. The summed E-state index contributed by atoms with van der Waals surface area (Å²) >= 11 is 0. The maximum absolute atomic E-state index is 6.26. The van der Waals surface area contributed by atoms with Gasteiger partial charge in [0, 0.05) is 32.4 Å². The van der Waals surface area contributed by atoms with Crippen LogP contribution in [0.1, 0.15) is 0 Å². The minimum atomic E-state index is 0.937. The van der Waals surface area contributed by atoms with E-state index in [0.29, 0.717) is 0 Å². The molecule has 2 heterocycles. The fourth-order valence-electron chi connectivity index (χ4n) is 4.60. The first-order valence-corrected chi connectivity index (χ1v) is 9.53. The van der Waals surface area contributed by atoms with Crippen LogP contribution in [0.15, 0.2) is 89.3 Å². The van der Waals surface area contributed by atoms with Crippen LogP contribution >= 0.6 is 0 Å². The zero-order valence-electron chi connectivity index (χ0n) is 15.0. The average Bonchev–Trinajstić information content (AvgIpc) is 3.27. The van der Waals surface area contributed by atoms with Gasteiger partial charge in [-0.05, 0) is 40.4 Å². The summed E-state index contributed by atoms with van der Waals surface area (Å²) in [5.74, 6) is 0. The Morgan fingerprint density at radius 2 is 1.21 bits per heavy atom. The lowest BCUT2D eigenvalue weighted by Gasteiger charge is -1.98. The Morgan fingerprint density at radius 1 is 0.500 bits per heavy atom. The molecule has 0 aliphatic heterocycles. The van der Waals surface area contributed by atoms with Crippen LogP contribution < -0.4 is 0 Å². The molecule has 0 aliphatic rings. The second-order valence-corrected chi connectivity index (χ2v) is 7.53. The number of hydrogen-bond donors (Lipinski definition) is 1. The standard InChI is InChI=1S/C26H15NO/c1-2-7-17-12-24-21(11-16(17)6-1)22-13-23-20(14-25(22)28-24)19-10-9-15-5-3-4-8-18(15)26(19)27-23/h1-14,27H. The van der Waals surface area contributed by atoms with Crippen LogP contribution in [0.25, 0.3) is 65.3 Å². The smallest absolute Gasteiger partial charge is 0.136 e. The normalized spacial score (nSPS) is 12.3. The molecule has 7 aromatic rings. The third-order valence-electron chi connectivity index (χ3n) is 5.96. The lowest BCUT2D eigenvalue weighted by atomic mass is 10.0. The maximum atomic E-state index is 6.26. The molecular weight excluding hydrogens is 342 g/mol. The Labute approximate surface area is 160 Å². The van der Waals surface area contributed by atoms with Crippen LogP contribution in [0.5, 0.6) is 0 Å². The Kier molecular flexibility index (Phi) is 2.52. The van der Waals surface area contributed by atoms with Crippen LogP contribution in [0.3, 0.4) is 0 Å². The predicted molar refractivity (Wildman–Crippen MR) is 118 cm³/mol. The highest BCUT2D eigenvalue weighted by atomic mass is 16.3. The third kappa shape index (κ3) is 1.77. The fourth-order valence-corrected chi connectivity index (χ4v) is 4.60. The summed E-state index contributed by atoms with van der Waals surface area (Å²) in [4.78, 5) is 3.66. The van der Waals surface area contributed by atoms with Gasteiger partial charge in [0.05, 0.1) is 5.52 Å². The van der Waals surface area contributed by atoms with E-state index in [1.807, 2.05) is 0 Å². The first kappa shape index (κ1) is 14.3. The lowest BCUT2D eigenvalue weighted by Crippen LogP contribution is -1.74. The topological polar surface area (TPSA) is 28.9 Å². The number of nitrogens with one attached hydrogen (secondary N) is 1. The summed E-state index contributed by atoms with van der Waals surface area (Å²) in [5, 5.41) is 9.71. The molecule has 0 aliphatic carbocycles. The number of benzene rings is 5. The van der Waals surface area contributed by atoms with Crippen molar-refractivity contribution in [1.29, 1.82) is 0 Å². The van der Waals surface area contributed by atoms with Crippen LogP contribution in [0.2, 0.25) is 0 Å². The molecule has 2 aromatic heterocycles. The number of fused-ring (bicyclic) bond motifs is 9. The molecule has 7 rings (SSSR count). The second-order valence-electron chi connectivity index (χ2n) is 7.53. The quantitative estimate of drug-likeness (QED) is 0.299. The first-order valence-electron chi connectivity index (χ1n) is 9.53. The van der Waals surface area contributed by atoms with E-state index in [4.69, 9.17) is 4.42 Å². The molecule has 28 heavy (non-hydrogen) atoms. The molecule has 1 N–H and O–H groups in total. The predicted octanol–water partition coefficient (Wildman–Crippen LogP) is 7.53. The second kappa shape index (κ2) is 4.93. The Bertz CT molecular complexity index is 1710. The van der Waals surface area contributed by atoms with Crippen molar-refractivity contribution in [3.05, 3.63) is 84.9 Å². The zero-order chi connectivity index (χ0) is 18.2. The van der Waals surface area contributed by atoms with Crippen molar-refractivity contribution in [3.63, 3.8) is 0 Å². The molecule has 2 nitrogen and oxygen atoms in total. The number of aromatic amines is 1. The molecule has 5 aromatic carbocycles. The minimum absolute atomic E-state index is 0.937. The summed E-state index contributed by atoms with van der Waals surface area (Å²) in [6.07, 6.45) is 0. The molecule has 0 unspecified atom stereocenters. The van der Waals surface area contributed by atoms with Gasteiger partial charge >= 0.3 is 0 Å². The lowest BCUT2D eigenvalue weighted by molar-refractivity contribution is 0.670. The van der Waals surface area contributed by atoms with Crippen LogP contribution in [-0.4, -0.2) is 4.98 Å². The first-order chi connectivity index (χ1) is 13.8. The van der Waals surface area contributed by atoms with Crippen LogP contribution in [0, 0.1) is 0 Å². The van der Waals surface area contributed by atoms with E-state index in [-0.39, 0.29) is 0 Å². The fraction of sp³-hybridized carbons (Fsp3) is 0. The van der Waals surface area contributed by atoms with Gasteiger partial charge in [0.25, 0.3) is 0 Å². The molecule has 0 bridgehead atoms. The molecule has 0 atom stereocenters. The molecule has 2 heteroatoms. The van der Waals surface area contributed by atoms with Crippen LogP contribution in [-0.2, 0) is 0 Å². The van der Waals surface area contributed by atoms with Crippen molar-refractivity contribution in [2.45, 2.75) is 0 Å². The van der Waals surface area contributed by atoms with Gasteiger partial charge in [-0.1, -0.05) is 60.7 Å². The molecule has 0 spiro atoms. The molecule has 0 radical (unpaired) electrons. The van der Waals surface area contributed by atoms with E-state index in [0.717, 1.165) is 22.1 Å². The summed E-state index contributed by atoms with van der Waals surface area (Å²) in [6.45, 7) is 0. The number of H-pyrrole nitrogens is 1. The monoisotopic (exact) mass is 357 g/mol. The van der Waals surface area contributed by atoms with E-state index in [1.54, 1.807) is 0 Å². The number of rotatable bonds is 0. The van der Waals surface area contributed by atoms with Gasteiger partial charge in [-0.3, -0.25) is 0 Å². The van der Waals surface area contributed by atoms with Crippen LogP contribution in [0.4, 0.5) is 0 Å². The van der Waals surface area contributed by atoms with Gasteiger partial charge in [0.15, 0.2) is 0 Å². The van der Waals surface area contributed by atoms with Crippen molar-refractivity contribution >= 4 is 65.3 Å². The average molecular weight is 357 g/mol. The van der Waals surface area contributed by atoms with Crippen molar-refractivity contribution in [2.24, 2.45) is 0 Å². The summed E-state index contributed by atoms with van der Waals surface area (Å²) in [5.41, 5.74) is 4.22. The van der Waals surface area contributed by atoms with Gasteiger partial charge in [-0.15, -0.1) is 0 Å². The molecule has 0 fully saturated rings. The molecule has 0 saturated carbocycles. The molecule has 0 saturated heterocycles. The van der Waals surface area contributed by atoms with E-state index in [1.165, 1.54) is 43.2 Å². The Balaban J connectivity index is 1.64. The molecular formula is C26H15NO. The summed E-state index contributed by atoms with van der Waals surface area (Å²) in [7, 11) is 0. The molecule has 0 amide bonds. The van der Waals surface area contributed by atoms with Gasteiger partial charge in [0.1, 0.15) is 11.2 Å². The van der Waals surface area contributed by atoms with Crippen molar-refractivity contribution in [3.8, 4) is 0 Å². The SMILES string of the molecule is c1ccc2cc3c(cc2c1)oc1cc2c(cc13)[nH]c1c3ccccc3ccc21. The van der Waals surface area contributed by atoms with Gasteiger partial charge < -0.3 is 9.40 Å². The Morgan fingerprint density at radius 3 is 2.11 bits per heavy atom. The number of hydrogen-bond acceptors (Lipinski definition) is 1. The highest BCUT2D eigenvalue weighted by molar-refractivity contribution is 6.21. The molecule has 130 valence electrons.